The van der Waals surface area contributed by atoms with Crippen LogP contribution in [0.5, 0.6) is 0 Å². The van der Waals surface area contributed by atoms with Crippen molar-refractivity contribution < 1.29 is 13.9 Å². The van der Waals surface area contributed by atoms with Crippen molar-refractivity contribution in [2.24, 2.45) is 5.92 Å². The summed E-state index contributed by atoms with van der Waals surface area (Å²) in [7, 11) is 0. The van der Waals surface area contributed by atoms with E-state index in [-0.39, 0.29) is 23.9 Å². The van der Waals surface area contributed by atoms with E-state index < -0.39 is 0 Å². The summed E-state index contributed by atoms with van der Waals surface area (Å²) in [5.41, 5.74) is 0.920. The minimum Gasteiger partial charge on any atom is -0.370 e. The van der Waals surface area contributed by atoms with E-state index in [4.69, 9.17) is 4.74 Å². The molecule has 0 spiro atoms. The first kappa shape index (κ1) is 15.4. The van der Waals surface area contributed by atoms with Gasteiger partial charge in [-0.1, -0.05) is 19.1 Å². The topological polar surface area (TPSA) is 41.6 Å². The van der Waals surface area contributed by atoms with E-state index in [1.807, 2.05) is 4.90 Å². The fraction of sp³-hybridized carbons (Fsp3) is 0.588. The Bertz CT molecular complexity index is 520. The van der Waals surface area contributed by atoms with Gasteiger partial charge in [0.1, 0.15) is 11.9 Å². The number of hydrogen-bond acceptors (Lipinski definition) is 3. The highest BCUT2D eigenvalue weighted by molar-refractivity contribution is 5.82. The van der Waals surface area contributed by atoms with E-state index in [0.29, 0.717) is 25.6 Å². The van der Waals surface area contributed by atoms with Gasteiger partial charge in [0.2, 0.25) is 5.91 Å². The molecule has 3 rings (SSSR count). The van der Waals surface area contributed by atoms with Crippen molar-refractivity contribution in [1.82, 2.24) is 10.2 Å². The van der Waals surface area contributed by atoms with Crippen LogP contribution in [0.1, 0.15) is 31.4 Å². The lowest BCUT2D eigenvalue weighted by Crippen LogP contribution is -2.53. The highest BCUT2D eigenvalue weighted by Gasteiger charge is 2.32. The third-order valence-corrected chi connectivity index (χ3v) is 4.58. The number of nitrogens with zero attached hydrogens (tertiary/aromatic N) is 1. The maximum Gasteiger partial charge on any atom is 0.239 e. The molecule has 1 N–H and O–H groups in total. The molecule has 1 aromatic carbocycles. The summed E-state index contributed by atoms with van der Waals surface area (Å²) in [6.07, 6.45) is 1.86. The Hall–Kier alpha value is -1.46. The van der Waals surface area contributed by atoms with Crippen LogP contribution in [-0.2, 0) is 9.53 Å². The SMILES string of the molecule is CC1CCNC(C(=O)N2CCOC(c3ccc(F)cc3)C2)C1. The van der Waals surface area contributed by atoms with Gasteiger partial charge in [0.25, 0.3) is 0 Å². The summed E-state index contributed by atoms with van der Waals surface area (Å²) >= 11 is 0. The van der Waals surface area contributed by atoms with Gasteiger partial charge in [0, 0.05) is 6.54 Å². The molecule has 3 atom stereocenters. The largest absolute Gasteiger partial charge is 0.370 e. The van der Waals surface area contributed by atoms with Gasteiger partial charge >= 0.3 is 0 Å². The smallest absolute Gasteiger partial charge is 0.239 e. The number of amides is 1. The number of piperidine rings is 1. The summed E-state index contributed by atoms with van der Waals surface area (Å²) < 4.78 is 18.8. The molecule has 1 amide bonds. The van der Waals surface area contributed by atoms with Gasteiger partial charge in [0.15, 0.2) is 0 Å². The number of ether oxygens (including phenoxy) is 1. The van der Waals surface area contributed by atoms with Gasteiger partial charge in [0.05, 0.1) is 19.2 Å². The van der Waals surface area contributed by atoms with Crippen molar-refractivity contribution in [3.63, 3.8) is 0 Å². The van der Waals surface area contributed by atoms with Crippen molar-refractivity contribution in [3.05, 3.63) is 35.6 Å². The van der Waals surface area contributed by atoms with Crippen LogP contribution >= 0.6 is 0 Å². The number of morpholine rings is 1. The minimum absolute atomic E-state index is 0.0734. The molecule has 0 aliphatic carbocycles. The molecule has 4 nitrogen and oxygen atoms in total. The summed E-state index contributed by atoms with van der Waals surface area (Å²) in [6, 6.07) is 6.26. The summed E-state index contributed by atoms with van der Waals surface area (Å²) in [5, 5.41) is 3.33. The Morgan fingerprint density at radius 1 is 1.36 bits per heavy atom. The zero-order chi connectivity index (χ0) is 15.5. The number of nitrogens with one attached hydrogen (secondary N) is 1. The van der Waals surface area contributed by atoms with E-state index in [2.05, 4.69) is 12.2 Å². The van der Waals surface area contributed by atoms with E-state index in [1.165, 1.54) is 12.1 Å². The molecule has 0 aromatic heterocycles. The van der Waals surface area contributed by atoms with Gasteiger partial charge < -0.3 is 15.0 Å². The molecule has 2 aliphatic rings. The monoisotopic (exact) mass is 306 g/mol. The Kier molecular flexibility index (Phi) is 4.74. The van der Waals surface area contributed by atoms with Gasteiger partial charge in [-0.3, -0.25) is 4.79 Å². The molecule has 22 heavy (non-hydrogen) atoms. The van der Waals surface area contributed by atoms with Crippen LogP contribution in [0.15, 0.2) is 24.3 Å². The molecule has 5 heteroatoms. The normalized spacial score (nSPS) is 29.4. The number of halogens is 1. The van der Waals surface area contributed by atoms with Gasteiger partial charge in [-0.25, -0.2) is 4.39 Å². The maximum atomic E-state index is 13.0. The zero-order valence-corrected chi connectivity index (χ0v) is 12.9. The third-order valence-electron chi connectivity index (χ3n) is 4.58. The molecule has 0 radical (unpaired) electrons. The molecule has 3 unspecified atom stereocenters. The van der Waals surface area contributed by atoms with Crippen LogP contribution in [0.25, 0.3) is 0 Å². The Balaban J connectivity index is 1.64. The Morgan fingerprint density at radius 3 is 2.86 bits per heavy atom. The van der Waals surface area contributed by atoms with Crippen LogP contribution in [0.4, 0.5) is 4.39 Å². The second-order valence-corrected chi connectivity index (χ2v) is 6.33. The Morgan fingerprint density at radius 2 is 2.14 bits per heavy atom. The van der Waals surface area contributed by atoms with Crippen LogP contribution in [0.3, 0.4) is 0 Å². The predicted octanol–water partition coefficient (Wildman–Crippen LogP) is 2.11. The molecule has 0 saturated carbocycles. The predicted molar refractivity (Wildman–Crippen MR) is 81.9 cm³/mol. The summed E-state index contributed by atoms with van der Waals surface area (Å²) in [4.78, 5) is 14.6. The molecule has 1 aromatic rings. The number of benzene rings is 1. The van der Waals surface area contributed by atoms with E-state index >= 15 is 0 Å². The lowest BCUT2D eigenvalue weighted by molar-refractivity contribution is -0.142. The van der Waals surface area contributed by atoms with Crippen molar-refractivity contribution >= 4 is 5.91 Å². The number of rotatable bonds is 2. The molecule has 0 bridgehead atoms. The van der Waals surface area contributed by atoms with Crippen LogP contribution in [-0.4, -0.2) is 43.1 Å². The molecule has 2 fully saturated rings. The second kappa shape index (κ2) is 6.75. The van der Waals surface area contributed by atoms with Crippen molar-refractivity contribution in [2.75, 3.05) is 26.2 Å². The van der Waals surface area contributed by atoms with Gasteiger partial charge in [-0.15, -0.1) is 0 Å². The van der Waals surface area contributed by atoms with E-state index in [0.717, 1.165) is 24.9 Å². The molecule has 120 valence electrons. The highest BCUT2D eigenvalue weighted by atomic mass is 19.1. The average Bonchev–Trinajstić information content (AvgIpc) is 2.55. The molecule has 2 saturated heterocycles. The maximum absolute atomic E-state index is 13.0. The molecular formula is C17H23FN2O2. The molecular weight excluding hydrogens is 283 g/mol. The van der Waals surface area contributed by atoms with Crippen LogP contribution in [0.2, 0.25) is 0 Å². The van der Waals surface area contributed by atoms with Crippen LogP contribution in [0, 0.1) is 11.7 Å². The fourth-order valence-corrected chi connectivity index (χ4v) is 3.24. The molecule has 2 aliphatic heterocycles. The third kappa shape index (κ3) is 3.47. The van der Waals surface area contributed by atoms with Crippen LogP contribution < -0.4 is 5.32 Å². The standard InChI is InChI=1S/C17H23FN2O2/c1-12-6-7-19-15(10-12)17(21)20-8-9-22-16(11-20)13-2-4-14(18)5-3-13/h2-5,12,15-16,19H,6-11H2,1H3. The van der Waals surface area contributed by atoms with E-state index in [9.17, 15) is 9.18 Å². The second-order valence-electron chi connectivity index (χ2n) is 6.33. The molecule has 2 heterocycles. The average molecular weight is 306 g/mol. The van der Waals surface area contributed by atoms with Gasteiger partial charge in [-0.05, 0) is 43.0 Å². The first-order valence-corrected chi connectivity index (χ1v) is 8.02. The lowest BCUT2D eigenvalue weighted by Gasteiger charge is -2.37. The number of hydrogen-bond donors (Lipinski definition) is 1. The van der Waals surface area contributed by atoms with Gasteiger partial charge in [-0.2, -0.15) is 0 Å². The van der Waals surface area contributed by atoms with Crippen molar-refractivity contribution in [3.8, 4) is 0 Å². The number of carbonyl (C=O) groups is 1. The number of carbonyl (C=O) groups excluding carboxylic acids is 1. The first-order chi connectivity index (χ1) is 10.6. The lowest BCUT2D eigenvalue weighted by atomic mass is 9.93. The highest BCUT2D eigenvalue weighted by Crippen LogP contribution is 2.24. The quantitative estimate of drug-likeness (QED) is 0.910. The minimum atomic E-state index is -0.257. The van der Waals surface area contributed by atoms with Crippen molar-refractivity contribution in [2.45, 2.75) is 31.9 Å². The first-order valence-electron chi connectivity index (χ1n) is 8.02. The Labute approximate surface area is 130 Å². The van der Waals surface area contributed by atoms with Crippen molar-refractivity contribution in [1.29, 1.82) is 0 Å². The zero-order valence-electron chi connectivity index (χ0n) is 12.9. The van der Waals surface area contributed by atoms with E-state index in [1.54, 1.807) is 12.1 Å². The summed E-state index contributed by atoms with van der Waals surface area (Å²) in [5.74, 6) is 0.499. The summed E-state index contributed by atoms with van der Waals surface area (Å²) in [6.45, 7) is 4.79. The fourth-order valence-electron chi connectivity index (χ4n) is 3.24.